The summed E-state index contributed by atoms with van der Waals surface area (Å²) < 4.78 is 5.67. The zero-order valence-electron chi connectivity index (χ0n) is 17.7. The maximum atomic E-state index is 13.1. The maximum Gasteiger partial charge on any atom is 0.261 e. The van der Waals surface area contributed by atoms with Gasteiger partial charge in [0.25, 0.3) is 5.91 Å². The molecule has 162 valence electrons. The van der Waals surface area contributed by atoms with Gasteiger partial charge >= 0.3 is 0 Å². The minimum atomic E-state index is -0.672. The van der Waals surface area contributed by atoms with Crippen LogP contribution in [-0.4, -0.2) is 35.4 Å². The molecule has 0 fully saturated rings. The molecular formula is C23H28Cl2N2O3. The number of nitrogens with zero attached hydrogens (tertiary/aromatic N) is 1. The highest BCUT2D eigenvalue weighted by molar-refractivity contribution is 6.36. The fourth-order valence-corrected chi connectivity index (χ4v) is 3.53. The van der Waals surface area contributed by atoms with Gasteiger partial charge in [-0.15, -0.1) is 0 Å². The predicted molar refractivity (Wildman–Crippen MR) is 121 cm³/mol. The summed E-state index contributed by atoms with van der Waals surface area (Å²) in [5, 5.41) is 3.77. The Morgan fingerprint density at radius 3 is 2.20 bits per heavy atom. The molecular weight excluding hydrogens is 423 g/mol. The predicted octanol–water partition coefficient (Wildman–Crippen LogP) is 5.01. The lowest BCUT2D eigenvalue weighted by molar-refractivity contribution is -0.143. The van der Waals surface area contributed by atoms with E-state index in [1.165, 1.54) is 4.90 Å². The average Bonchev–Trinajstić information content (AvgIpc) is 2.68. The van der Waals surface area contributed by atoms with Crippen LogP contribution in [-0.2, 0) is 16.1 Å². The van der Waals surface area contributed by atoms with Gasteiger partial charge in [-0.3, -0.25) is 9.59 Å². The fourth-order valence-electron chi connectivity index (χ4n) is 3.02. The van der Waals surface area contributed by atoms with Gasteiger partial charge in [0.2, 0.25) is 5.91 Å². The van der Waals surface area contributed by atoms with E-state index in [2.05, 4.69) is 5.32 Å². The van der Waals surface area contributed by atoms with Crippen molar-refractivity contribution in [2.75, 3.05) is 6.61 Å². The van der Waals surface area contributed by atoms with Crippen molar-refractivity contribution >= 4 is 35.0 Å². The lowest BCUT2D eigenvalue weighted by Gasteiger charge is -2.31. The van der Waals surface area contributed by atoms with Crippen LogP contribution in [0.4, 0.5) is 0 Å². The number of halogens is 2. The Bertz CT molecular complexity index is 849. The van der Waals surface area contributed by atoms with Crippen molar-refractivity contribution in [2.45, 2.75) is 52.7 Å². The van der Waals surface area contributed by atoms with E-state index in [-0.39, 0.29) is 31.0 Å². The Labute approximate surface area is 188 Å². The summed E-state index contributed by atoms with van der Waals surface area (Å²) in [5.74, 6) is 0.0426. The van der Waals surface area contributed by atoms with E-state index < -0.39 is 6.04 Å². The zero-order valence-corrected chi connectivity index (χ0v) is 19.3. The van der Waals surface area contributed by atoms with Gasteiger partial charge in [0.1, 0.15) is 11.8 Å². The van der Waals surface area contributed by atoms with E-state index in [9.17, 15) is 9.59 Å². The molecule has 1 N–H and O–H groups in total. The van der Waals surface area contributed by atoms with Crippen LogP contribution in [0, 0.1) is 6.92 Å². The second kappa shape index (κ2) is 11.2. The Morgan fingerprint density at radius 2 is 1.67 bits per heavy atom. The molecule has 1 atom stereocenters. The molecule has 0 aromatic heterocycles. The molecule has 0 saturated heterocycles. The van der Waals surface area contributed by atoms with Crippen LogP contribution in [0.1, 0.15) is 38.3 Å². The molecule has 0 saturated carbocycles. The lowest BCUT2D eigenvalue weighted by Crippen LogP contribution is -2.51. The number of ether oxygens (including phenoxy) is 1. The molecule has 5 nitrogen and oxygen atoms in total. The zero-order chi connectivity index (χ0) is 22.3. The first-order valence-electron chi connectivity index (χ1n) is 9.95. The van der Waals surface area contributed by atoms with E-state index >= 15 is 0 Å². The molecule has 7 heteroatoms. The number of rotatable bonds is 9. The summed E-state index contributed by atoms with van der Waals surface area (Å²) in [7, 11) is 0. The Balaban J connectivity index is 2.27. The molecule has 30 heavy (non-hydrogen) atoms. The molecule has 0 unspecified atom stereocenters. The molecule has 0 aliphatic rings. The SMILES string of the molecule is CC[C@@H](C(=O)NC(C)C)N(Cc1c(Cl)cccc1Cl)C(=O)COc1ccc(C)cc1. The summed E-state index contributed by atoms with van der Waals surface area (Å²) >= 11 is 12.6. The number of carbonyl (C=O) groups excluding carboxylic acids is 2. The van der Waals surface area contributed by atoms with Crippen LogP contribution >= 0.6 is 23.2 Å². The third-order valence-corrected chi connectivity index (χ3v) is 5.30. The highest BCUT2D eigenvalue weighted by atomic mass is 35.5. The number of hydrogen-bond donors (Lipinski definition) is 1. The van der Waals surface area contributed by atoms with Crippen molar-refractivity contribution in [3.63, 3.8) is 0 Å². The number of hydrogen-bond acceptors (Lipinski definition) is 3. The molecule has 2 amide bonds. The van der Waals surface area contributed by atoms with Gasteiger partial charge in [-0.2, -0.15) is 0 Å². The second-order valence-corrected chi connectivity index (χ2v) is 8.23. The van der Waals surface area contributed by atoms with Gasteiger partial charge in [-0.1, -0.05) is 53.9 Å². The summed E-state index contributed by atoms with van der Waals surface area (Å²) in [6, 6.07) is 11.9. The number of amides is 2. The first-order valence-corrected chi connectivity index (χ1v) is 10.7. The van der Waals surface area contributed by atoms with E-state index in [0.717, 1.165) is 5.56 Å². The Kier molecular flexibility index (Phi) is 9.00. The summed E-state index contributed by atoms with van der Waals surface area (Å²) in [5.41, 5.74) is 1.69. The molecule has 0 heterocycles. The standard InChI is InChI=1S/C23H28Cl2N2O3/c1-5-21(23(29)26-15(2)3)27(13-18-19(24)7-6-8-20(18)25)22(28)14-30-17-11-9-16(4)10-12-17/h6-12,15,21H,5,13-14H2,1-4H3,(H,26,29)/t21-/m0/s1. The van der Waals surface area contributed by atoms with Gasteiger partial charge in [-0.25, -0.2) is 0 Å². The number of nitrogens with one attached hydrogen (secondary N) is 1. The van der Waals surface area contributed by atoms with Crippen LogP contribution in [0.15, 0.2) is 42.5 Å². The first-order chi connectivity index (χ1) is 14.2. The average molecular weight is 451 g/mol. The molecule has 2 rings (SSSR count). The van der Waals surface area contributed by atoms with Crippen molar-refractivity contribution in [3.05, 3.63) is 63.6 Å². The highest BCUT2D eigenvalue weighted by Crippen LogP contribution is 2.27. The molecule has 2 aromatic carbocycles. The third kappa shape index (κ3) is 6.64. The van der Waals surface area contributed by atoms with E-state index in [0.29, 0.717) is 27.8 Å². The van der Waals surface area contributed by atoms with E-state index in [4.69, 9.17) is 27.9 Å². The largest absolute Gasteiger partial charge is 0.484 e. The second-order valence-electron chi connectivity index (χ2n) is 7.41. The minimum absolute atomic E-state index is 0.0452. The lowest BCUT2D eigenvalue weighted by atomic mass is 10.1. The monoisotopic (exact) mass is 450 g/mol. The van der Waals surface area contributed by atoms with Gasteiger partial charge in [-0.05, 0) is 51.5 Å². The fraction of sp³-hybridized carbons (Fsp3) is 0.391. The van der Waals surface area contributed by atoms with Gasteiger partial charge in [0.15, 0.2) is 6.61 Å². The molecule has 0 bridgehead atoms. The molecule has 0 aliphatic heterocycles. The van der Waals surface area contributed by atoms with Crippen molar-refractivity contribution in [1.29, 1.82) is 0 Å². The highest BCUT2D eigenvalue weighted by Gasteiger charge is 2.30. The molecule has 2 aromatic rings. The number of carbonyl (C=O) groups is 2. The topological polar surface area (TPSA) is 58.6 Å². The van der Waals surface area contributed by atoms with Crippen molar-refractivity contribution in [2.24, 2.45) is 0 Å². The quantitative estimate of drug-likeness (QED) is 0.583. The summed E-state index contributed by atoms with van der Waals surface area (Å²) in [4.78, 5) is 27.4. The number of aryl methyl sites for hydroxylation is 1. The van der Waals surface area contributed by atoms with E-state index in [1.807, 2.05) is 39.8 Å². The molecule has 0 spiro atoms. The Morgan fingerprint density at radius 1 is 1.07 bits per heavy atom. The molecule has 0 radical (unpaired) electrons. The number of benzene rings is 2. The molecule has 0 aliphatic carbocycles. The third-order valence-electron chi connectivity index (χ3n) is 4.59. The van der Waals surface area contributed by atoms with Crippen LogP contribution in [0.5, 0.6) is 5.75 Å². The summed E-state index contributed by atoms with van der Waals surface area (Å²) in [6.07, 6.45) is 0.441. The van der Waals surface area contributed by atoms with Gasteiger partial charge in [0.05, 0.1) is 0 Å². The van der Waals surface area contributed by atoms with Crippen LogP contribution < -0.4 is 10.1 Å². The van der Waals surface area contributed by atoms with Crippen LogP contribution in [0.2, 0.25) is 10.0 Å². The smallest absolute Gasteiger partial charge is 0.261 e. The van der Waals surface area contributed by atoms with Crippen LogP contribution in [0.25, 0.3) is 0 Å². The normalized spacial score (nSPS) is 11.8. The van der Waals surface area contributed by atoms with Gasteiger partial charge < -0.3 is 15.0 Å². The van der Waals surface area contributed by atoms with Crippen molar-refractivity contribution in [1.82, 2.24) is 10.2 Å². The maximum absolute atomic E-state index is 13.1. The summed E-state index contributed by atoms with van der Waals surface area (Å²) in [6.45, 7) is 7.50. The first kappa shape index (κ1) is 24.0. The minimum Gasteiger partial charge on any atom is -0.484 e. The van der Waals surface area contributed by atoms with Crippen LogP contribution in [0.3, 0.4) is 0 Å². The van der Waals surface area contributed by atoms with Gasteiger partial charge in [0, 0.05) is 28.2 Å². The van der Waals surface area contributed by atoms with Crippen molar-refractivity contribution in [3.8, 4) is 5.75 Å². The Hall–Kier alpha value is -2.24. The van der Waals surface area contributed by atoms with Crippen molar-refractivity contribution < 1.29 is 14.3 Å². The van der Waals surface area contributed by atoms with E-state index in [1.54, 1.807) is 30.3 Å².